The molecule has 2 N–H and O–H groups in total. The quantitative estimate of drug-likeness (QED) is 0.892. The summed E-state index contributed by atoms with van der Waals surface area (Å²) in [6.07, 6.45) is 4.79. The molecule has 1 aliphatic rings. The molecule has 0 aliphatic heterocycles. The summed E-state index contributed by atoms with van der Waals surface area (Å²) in [7, 11) is 0. The number of pyridine rings is 1. The van der Waals surface area contributed by atoms with E-state index in [1.807, 2.05) is 0 Å². The molecule has 0 atom stereocenters. The highest BCUT2D eigenvalue weighted by Gasteiger charge is 2.36. The Bertz CT molecular complexity index is 455. The lowest BCUT2D eigenvalue weighted by Gasteiger charge is -2.40. The normalized spacial score (nSPS) is 21.1. The highest BCUT2D eigenvalue weighted by molar-refractivity contribution is 6.30. The van der Waals surface area contributed by atoms with Crippen molar-refractivity contribution in [1.29, 1.82) is 0 Å². The van der Waals surface area contributed by atoms with Crippen LogP contribution in [0.3, 0.4) is 0 Å². The van der Waals surface area contributed by atoms with E-state index >= 15 is 0 Å². The molecule has 0 amide bonds. The van der Waals surface area contributed by atoms with Gasteiger partial charge >= 0.3 is 0 Å². The van der Waals surface area contributed by atoms with Crippen LogP contribution in [0.2, 0.25) is 5.02 Å². The molecule has 106 valence electrons. The smallest absolute Gasteiger partial charge is 0.166 e. The zero-order chi connectivity index (χ0) is 14.1. The molecule has 1 heterocycles. The number of anilines is 1. The molecular weight excluding hydrogens is 267 g/mol. The Morgan fingerprint density at radius 1 is 1.37 bits per heavy atom. The summed E-state index contributed by atoms with van der Waals surface area (Å²) in [5, 5.41) is 13.6. The molecule has 0 aromatic carbocycles. The van der Waals surface area contributed by atoms with E-state index in [1.165, 1.54) is 12.3 Å². The van der Waals surface area contributed by atoms with Gasteiger partial charge in [0.15, 0.2) is 11.6 Å². The fourth-order valence-electron chi connectivity index (χ4n) is 2.36. The SMILES string of the molecule is CC1(C)CCC(O)(CNc2ncc(Cl)cc2F)CC1. The van der Waals surface area contributed by atoms with E-state index in [2.05, 4.69) is 24.1 Å². The van der Waals surface area contributed by atoms with Crippen LogP contribution >= 0.6 is 11.6 Å². The number of aliphatic hydroxyl groups is 1. The number of rotatable bonds is 3. The van der Waals surface area contributed by atoms with Gasteiger partial charge in [-0.05, 0) is 37.2 Å². The second-order valence-corrected chi connectivity index (χ2v) is 6.66. The molecule has 1 saturated carbocycles. The summed E-state index contributed by atoms with van der Waals surface area (Å²) in [4.78, 5) is 3.89. The van der Waals surface area contributed by atoms with Crippen LogP contribution in [-0.4, -0.2) is 22.2 Å². The van der Waals surface area contributed by atoms with Crippen LogP contribution in [0.4, 0.5) is 10.2 Å². The first kappa shape index (κ1) is 14.5. The number of nitrogens with one attached hydrogen (secondary N) is 1. The highest BCUT2D eigenvalue weighted by atomic mass is 35.5. The number of hydrogen-bond acceptors (Lipinski definition) is 3. The van der Waals surface area contributed by atoms with Crippen LogP contribution in [0.25, 0.3) is 0 Å². The monoisotopic (exact) mass is 286 g/mol. The van der Waals surface area contributed by atoms with Gasteiger partial charge in [0, 0.05) is 12.7 Å². The molecule has 5 heteroatoms. The lowest BCUT2D eigenvalue weighted by atomic mass is 9.71. The Balaban J connectivity index is 1.95. The summed E-state index contributed by atoms with van der Waals surface area (Å²) in [6.45, 7) is 4.73. The average molecular weight is 287 g/mol. The molecule has 1 aromatic heterocycles. The Morgan fingerprint density at radius 3 is 2.58 bits per heavy atom. The summed E-state index contributed by atoms with van der Waals surface area (Å²) in [6, 6.07) is 1.21. The first-order valence-corrected chi connectivity index (χ1v) is 6.95. The molecule has 0 saturated heterocycles. The molecule has 1 aliphatic carbocycles. The Hall–Kier alpha value is -0.870. The van der Waals surface area contributed by atoms with Crippen molar-refractivity contribution >= 4 is 17.4 Å². The molecule has 3 nitrogen and oxygen atoms in total. The first-order chi connectivity index (χ1) is 8.80. The molecule has 0 spiro atoms. The van der Waals surface area contributed by atoms with Gasteiger partial charge < -0.3 is 10.4 Å². The number of aromatic nitrogens is 1. The van der Waals surface area contributed by atoms with Gasteiger partial charge in [0.05, 0.1) is 10.6 Å². The van der Waals surface area contributed by atoms with Gasteiger partial charge in [0.1, 0.15) is 0 Å². The molecule has 19 heavy (non-hydrogen) atoms. The van der Waals surface area contributed by atoms with Crippen molar-refractivity contribution in [1.82, 2.24) is 4.98 Å². The summed E-state index contributed by atoms with van der Waals surface area (Å²) in [5.41, 5.74) is -0.487. The number of halogens is 2. The van der Waals surface area contributed by atoms with Crippen molar-refractivity contribution in [2.75, 3.05) is 11.9 Å². The van der Waals surface area contributed by atoms with Crippen molar-refractivity contribution in [2.24, 2.45) is 5.41 Å². The van der Waals surface area contributed by atoms with E-state index in [0.29, 0.717) is 6.54 Å². The van der Waals surface area contributed by atoms with Crippen molar-refractivity contribution in [3.8, 4) is 0 Å². The Morgan fingerprint density at radius 2 is 2.00 bits per heavy atom. The van der Waals surface area contributed by atoms with Crippen LogP contribution in [0.5, 0.6) is 0 Å². The molecule has 0 unspecified atom stereocenters. The van der Waals surface area contributed by atoms with Gasteiger partial charge in [-0.15, -0.1) is 0 Å². The van der Waals surface area contributed by atoms with Crippen LogP contribution in [0, 0.1) is 11.2 Å². The lowest BCUT2D eigenvalue weighted by molar-refractivity contribution is -0.0146. The van der Waals surface area contributed by atoms with E-state index in [1.54, 1.807) is 0 Å². The molecule has 0 radical (unpaired) electrons. The predicted octanol–water partition coefficient (Wildman–Crippen LogP) is 3.62. The van der Waals surface area contributed by atoms with Crippen molar-refractivity contribution in [3.05, 3.63) is 23.1 Å². The number of nitrogens with zero attached hydrogens (tertiary/aromatic N) is 1. The van der Waals surface area contributed by atoms with E-state index in [4.69, 9.17) is 11.6 Å². The zero-order valence-corrected chi connectivity index (χ0v) is 12.1. The van der Waals surface area contributed by atoms with Crippen LogP contribution in [0.15, 0.2) is 12.3 Å². The van der Waals surface area contributed by atoms with Crippen LogP contribution in [-0.2, 0) is 0 Å². The van der Waals surface area contributed by atoms with E-state index in [-0.39, 0.29) is 16.3 Å². The van der Waals surface area contributed by atoms with Crippen molar-refractivity contribution in [2.45, 2.75) is 45.1 Å². The van der Waals surface area contributed by atoms with Crippen LogP contribution in [0.1, 0.15) is 39.5 Å². The maximum absolute atomic E-state index is 13.6. The third kappa shape index (κ3) is 3.80. The van der Waals surface area contributed by atoms with Gasteiger partial charge in [0.25, 0.3) is 0 Å². The van der Waals surface area contributed by atoms with Gasteiger partial charge in [-0.2, -0.15) is 0 Å². The van der Waals surface area contributed by atoms with Gasteiger partial charge in [-0.3, -0.25) is 0 Å². The van der Waals surface area contributed by atoms with Crippen LogP contribution < -0.4 is 5.32 Å². The average Bonchev–Trinajstić information content (AvgIpc) is 2.33. The molecule has 1 fully saturated rings. The summed E-state index contributed by atoms with van der Waals surface area (Å²) < 4.78 is 13.6. The standard InChI is InChI=1S/C14H20ClFN2O/c1-13(2)3-5-14(19,6-4-13)9-18-12-11(16)7-10(15)8-17-12/h7-8,19H,3-6,9H2,1-2H3,(H,17,18). The molecule has 0 bridgehead atoms. The topological polar surface area (TPSA) is 45.1 Å². The van der Waals surface area contributed by atoms with E-state index in [0.717, 1.165) is 25.7 Å². The summed E-state index contributed by atoms with van der Waals surface area (Å²) >= 11 is 5.64. The highest BCUT2D eigenvalue weighted by Crippen LogP contribution is 2.40. The zero-order valence-electron chi connectivity index (χ0n) is 11.3. The van der Waals surface area contributed by atoms with E-state index in [9.17, 15) is 9.50 Å². The largest absolute Gasteiger partial charge is 0.388 e. The maximum Gasteiger partial charge on any atom is 0.166 e. The maximum atomic E-state index is 13.6. The molecule has 1 aromatic rings. The van der Waals surface area contributed by atoms with Crippen molar-refractivity contribution in [3.63, 3.8) is 0 Å². The minimum Gasteiger partial charge on any atom is -0.388 e. The third-order valence-electron chi connectivity index (χ3n) is 3.93. The fraction of sp³-hybridized carbons (Fsp3) is 0.643. The van der Waals surface area contributed by atoms with Gasteiger partial charge in [-0.25, -0.2) is 9.37 Å². The molecular formula is C14H20ClFN2O. The molecule has 2 rings (SSSR count). The van der Waals surface area contributed by atoms with E-state index < -0.39 is 11.4 Å². The second-order valence-electron chi connectivity index (χ2n) is 6.23. The lowest BCUT2D eigenvalue weighted by Crippen LogP contribution is -2.42. The summed E-state index contributed by atoms with van der Waals surface area (Å²) in [5.74, 6) is -0.352. The second kappa shape index (κ2) is 5.25. The number of hydrogen-bond donors (Lipinski definition) is 2. The third-order valence-corrected chi connectivity index (χ3v) is 4.13. The fourth-order valence-corrected chi connectivity index (χ4v) is 2.51. The van der Waals surface area contributed by atoms with Gasteiger partial charge in [-0.1, -0.05) is 25.4 Å². The Labute approximate surface area is 118 Å². The van der Waals surface area contributed by atoms with Crippen molar-refractivity contribution < 1.29 is 9.50 Å². The first-order valence-electron chi connectivity index (χ1n) is 6.57. The minimum atomic E-state index is -0.775. The Kier molecular flexibility index (Phi) is 4.02. The predicted molar refractivity (Wildman–Crippen MR) is 74.9 cm³/mol. The minimum absolute atomic E-state index is 0.141. The van der Waals surface area contributed by atoms with Gasteiger partial charge in [0.2, 0.25) is 0 Å².